The van der Waals surface area contributed by atoms with Crippen LogP contribution in [0.2, 0.25) is 0 Å². The highest BCUT2D eigenvalue weighted by molar-refractivity contribution is 7.89. The molecule has 0 saturated carbocycles. The number of hydrogen-bond acceptors (Lipinski definition) is 4. The Morgan fingerprint density at radius 2 is 2.06 bits per heavy atom. The summed E-state index contributed by atoms with van der Waals surface area (Å²) >= 11 is 0. The fourth-order valence-electron chi connectivity index (χ4n) is 1.97. The average Bonchev–Trinajstić information content (AvgIpc) is 2.82. The summed E-state index contributed by atoms with van der Waals surface area (Å²) in [6, 6.07) is 5.53. The predicted molar refractivity (Wildman–Crippen MR) is 66.9 cm³/mol. The molecule has 0 aromatic heterocycles. The Kier molecular flexibility index (Phi) is 3.89. The van der Waals surface area contributed by atoms with Crippen molar-refractivity contribution in [3.8, 4) is 5.75 Å². The van der Waals surface area contributed by atoms with Gasteiger partial charge in [0.05, 0.1) is 11.0 Å². The molecule has 0 spiro atoms. The largest absolute Gasteiger partial charge is 0.508 e. The van der Waals surface area contributed by atoms with Crippen molar-refractivity contribution in [2.75, 3.05) is 20.2 Å². The van der Waals surface area contributed by atoms with E-state index < -0.39 is 10.0 Å². The monoisotopic (exact) mass is 271 g/mol. The molecule has 1 aromatic carbocycles. The third-order valence-electron chi connectivity index (χ3n) is 3.03. The van der Waals surface area contributed by atoms with Crippen molar-refractivity contribution in [2.24, 2.45) is 0 Å². The van der Waals surface area contributed by atoms with E-state index in [1.165, 1.54) is 28.6 Å². The summed E-state index contributed by atoms with van der Waals surface area (Å²) in [6.07, 6.45) is 1.87. The summed E-state index contributed by atoms with van der Waals surface area (Å²) in [5, 5.41) is 9.16. The molecule has 1 fully saturated rings. The molecule has 18 heavy (non-hydrogen) atoms. The third-order valence-corrected chi connectivity index (χ3v) is 4.87. The molecular formula is C12H17NO4S. The van der Waals surface area contributed by atoms with E-state index in [0.717, 1.165) is 12.8 Å². The van der Waals surface area contributed by atoms with Gasteiger partial charge in [0.25, 0.3) is 0 Å². The standard InChI is InChI=1S/C12H17NO4S/c1-13(9-11-3-2-8-17-11)18(15,16)12-6-4-10(14)5-7-12/h4-7,11,14H,2-3,8-9H2,1H3. The van der Waals surface area contributed by atoms with Gasteiger partial charge in [-0.2, -0.15) is 4.31 Å². The summed E-state index contributed by atoms with van der Waals surface area (Å²) in [5.41, 5.74) is 0. The van der Waals surface area contributed by atoms with E-state index in [1.807, 2.05) is 0 Å². The van der Waals surface area contributed by atoms with Crippen molar-refractivity contribution in [3.63, 3.8) is 0 Å². The third kappa shape index (κ3) is 2.82. The van der Waals surface area contributed by atoms with Crippen LogP contribution in [0.25, 0.3) is 0 Å². The summed E-state index contributed by atoms with van der Waals surface area (Å²) in [7, 11) is -1.96. The Morgan fingerprint density at radius 1 is 1.39 bits per heavy atom. The molecule has 2 rings (SSSR count). The highest BCUT2D eigenvalue weighted by Crippen LogP contribution is 2.20. The van der Waals surface area contributed by atoms with Crippen LogP contribution in [0.3, 0.4) is 0 Å². The van der Waals surface area contributed by atoms with Gasteiger partial charge >= 0.3 is 0 Å². The summed E-state index contributed by atoms with van der Waals surface area (Å²) in [6.45, 7) is 1.07. The zero-order chi connectivity index (χ0) is 13.2. The van der Waals surface area contributed by atoms with Crippen LogP contribution in [-0.4, -0.2) is 44.1 Å². The molecule has 1 N–H and O–H groups in total. The molecule has 1 aromatic rings. The first kappa shape index (κ1) is 13.3. The van der Waals surface area contributed by atoms with E-state index in [-0.39, 0.29) is 16.7 Å². The van der Waals surface area contributed by atoms with Crippen LogP contribution in [0, 0.1) is 0 Å². The molecule has 1 heterocycles. The van der Waals surface area contributed by atoms with Crippen LogP contribution in [0.5, 0.6) is 5.75 Å². The summed E-state index contributed by atoms with van der Waals surface area (Å²) in [4.78, 5) is 0.181. The van der Waals surface area contributed by atoms with E-state index in [0.29, 0.717) is 13.2 Å². The normalized spacial score (nSPS) is 20.4. The van der Waals surface area contributed by atoms with E-state index in [9.17, 15) is 8.42 Å². The van der Waals surface area contributed by atoms with Crippen LogP contribution in [0.15, 0.2) is 29.2 Å². The lowest BCUT2D eigenvalue weighted by Gasteiger charge is -2.20. The quantitative estimate of drug-likeness (QED) is 0.893. The number of aromatic hydroxyl groups is 1. The molecule has 5 nitrogen and oxygen atoms in total. The van der Waals surface area contributed by atoms with Crippen molar-refractivity contribution in [3.05, 3.63) is 24.3 Å². The number of hydrogen-bond donors (Lipinski definition) is 1. The van der Waals surface area contributed by atoms with Gasteiger partial charge in [0.15, 0.2) is 0 Å². The maximum absolute atomic E-state index is 12.2. The Labute approximate surface area is 107 Å². The maximum atomic E-state index is 12.2. The summed E-state index contributed by atoms with van der Waals surface area (Å²) < 4.78 is 31.2. The predicted octanol–water partition coefficient (Wildman–Crippen LogP) is 1.19. The van der Waals surface area contributed by atoms with Gasteiger partial charge in [-0.1, -0.05) is 0 Å². The van der Waals surface area contributed by atoms with Crippen molar-refractivity contribution < 1.29 is 18.3 Å². The van der Waals surface area contributed by atoms with Crippen LogP contribution in [0.1, 0.15) is 12.8 Å². The molecule has 1 unspecified atom stereocenters. The van der Waals surface area contributed by atoms with E-state index >= 15 is 0 Å². The van der Waals surface area contributed by atoms with Gasteiger partial charge in [-0.05, 0) is 37.1 Å². The molecule has 0 radical (unpaired) electrons. The molecule has 0 aliphatic carbocycles. The zero-order valence-electron chi connectivity index (χ0n) is 10.2. The topological polar surface area (TPSA) is 66.8 Å². The minimum atomic E-state index is -3.50. The molecule has 100 valence electrons. The minimum Gasteiger partial charge on any atom is -0.508 e. The average molecular weight is 271 g/mol. The second kappa shape index (κ2) is 5.26. The lowest BCUT2D eigenvalue weighted by atomic mass is 10.2. The number of nitrogens with zero attached hydrogens (tertiary/aromatic N) is 1. The molecular weight excluding hydrogens is 254 g/mol. The Morgan fingerprint density at radius 3 is 2.61 bits per heavy atom. The number of likely N-dealkylation sites (N-methyl/N-ethyl adjacent to an activating group) is 1. The van der Waals surface area contributed by atoms with Crippen molar-refractivity contribution in [2.45, 2.75) is 23.8 Å². The lowest BCUT2D eigenvalue weighted by molar-refractivity contribution is 0.0979. The minimum absolute atomic E-state index is 0.0121. The van der Waals surface area contributed by atoms with Gasteiger partial charge in [0.1, 0.15) is 5.75 Å². The number of benzene rings is 1. The number of ether oxygens (including phenoxy) is 1. The first-order valence-electron chi connectivity index (χ1n) is 5.87. The van der Waals surface area contributed by atoms with Crippen molar-refractivity contribution >= 4 is 10.0 Å². The van der Waals surface area contributed by atoms with E-state index in [4.69, 9.17) is 9.84 Å². The zero-order valence-corrected chi connectivity index (χ0v) is 11.1. The SMILES string of the molecule is CN(CC1CCCO1)S(=O)(=O)c1ccc(O)cc1. The molecule has 6 heteroatoms. The van der Waals surface area contributed by atoms with Crippen LogP contribution < -0.4 is 0 Å². The molecule has 1 atom stereocenters. The van der Waals surface area contributed by atoms with Gasteiger partial charge in [-0.15, -0.1) is 0 Å². The van der Waals surface area contributed by atoms with E-state index in [2.05, 4.69) is 0 Å². The Bertz CT molecular complexity index is 491. The lowest BCUT2D eigenvalue weighted by Crippen LogP contribution is -2.34. The van der Waals surface area contributed by atoms with Crippen LogP contribution >= 0.6 is 0 Å². The van der Waals surface area contributed by atoms with Gasteiger partial charge in [-0.3, -0.25) is 0 Å². The van der Waals surface area contributed by atoms with Crippen LogP contribution in [-0.2, 0) is 14.8 Å². The highest BCUT2D eigenvalue weighted by Gasteiger charge is 2.25. The Hall–Kier alpha value is -1.11. The highest BCUT2D eigenvalue weighted by atomic mass is 32.2. The van der Waals surface area contributed by atoms with Crippen molar-refractivity contribution in [1.29, 1.82) is 0 Å². The summed E-state index contributed by atoms with van der Waals surface area (Å²) in [5.74, 6) is 0.0516. The first-order valence-corrected chi connectivity index (χ1v) is 7.31. The second-order valence-corrected chi connectivity index (χ2v) is 6.46. The smallest absolute Gasteiger partial charge is 0.242 e. The second-order valence-electron chi connectivity index (χ2n) is 4.41. The van der Waals surface area contributed by atoms with Gasteiger partial charge < -0.3 is 9.84 Å². The maximum Gasteiger partial charge on any atom is 0.242 e. The molecule has 1 saturated heterocycles. The van der Waals surface area contributed by atoms with Gasteiger partial charge in [0, 0.05) is 20.2 Å². The Balaban J connectivity index is 2.11. The van der Waals surface area contributed by atoms with Crippen LogP contribution in [0.4, 0.5) is 0 Å². The molecule has 1 aliphatic rings. The van der Waals surface area contributed by atoms with Crippen molar-refractivity contribution in [1.82, 2.24) is 4.31 Å². The van der Waals surface area contributed by atoms with Gasteiger partial charge in [-0.25, -0.2) is 8.42 Å². The molecule has 1 aliphatic heterocycles. The first-order chi connectivity index (χ1) is 8.50. The van der Waals surface area contributed by atoms with Gasteiger partial charge in [0.2, 0.25) is 10.0 Å². The number of rotatable bonds is 4. The fraction of sp³-hybridized carbons (Fsp3) is 0.500. The number of sulfonamides is 1. The van der Waals surface area contributed by atoms with E-state index in [1.54, 1.807) is 7.05 Å². The number of phenolic OH excluding ortho intramolecular Hbond substituents is 1. The molecule has 0 bridgehead atoms. The molecule has 0 amide bonds. The number of phenols is 1. The fourth-order valence-corrected chi connectivity index (χ4v) is 3.17.